The summed E-state index contributed by atoms with van der Waals surface area (Å²) in [6, 6.07) is -0.272. The number of nitrogens with two attached hydrogens (primary N) is 1. The zero-order chi connectivity index (χ0) is 14.6. The summed E-state index contributed by atoms with van der Waals surface area (Å²) in [6.45, 7) is 4.77. The Labute approximate surface area is 116 Å². The highest BCUT2D eigenvalue weighted by Crippen LogP contribution is 2.32. The van der Waals surface area contributed by atoms with E-state index in [9.17, 15) is 13.2 Å². The van der Waals surface area contributed by atoms with Gasteiger partial charge < -0.3 is 10.6 Å². The minimum Gasteiger partial charge on any atom is -0.339 e. The second kappa shape index (κ2) is 6.70. The van der Waals surface area contributed by atoms with Gasteiger partial charge in [0.25, 0.3) is 0 Å². The normalized spacial score (nSPS) is 25.3. The summed E-state index contributed by atoms with van der Waals surface area (Å²) in [5, 5.41) is 0. The van der Waals surface area contributed by atoms with Gasteiger partial charge in [0.15, 0.2) is 0 Å². The van der Waals surface area contributed by atoms with Crippen molar-refractivity contribution in [3.8, 4) is 0 Å². The molecule has 1 saturated carbocycles. The highest BCUT2D eigenvalue weighted by atomic mass is 32.2. The summed E-state index contributed by atoms with van der Waals surface area (Å²) < 4.78 is 22.7. The van der Waals surface area contributed by atoms with Crippen molar-refractivity contribution in [1.82, 2.24) is 4.90 Å². The molecule has 0 saturated heterocycles. The largest absolute Gasteiger partial charge is 0.339 e. The summed E-state index contributed by atoms with van der Waals surface area (Å²) >= 11 is 0. The molecule has 0 aromatic carbocycles. The number of amides is 1. The van der Waals surface area contributed by atoms with Crippen LogP contribution < -0.4 is 5.73 Å². The van der Waals surface area contributed by atoms with Crippen LogP contribution in [0.5, 0.6) is 0 Å². The molecule has 0 aromatic rings. The lowest BCUT2D eigenvalue weighted by Gasteiger charge is -2.31. The molecular formula is C13H26N2O3S. The number of carbonyl (C=O) groups excluding carboxylic acids is 1. The predicted molar refractivity (Wildman–Crippen MR) is 76.4 cm³/mol. The maximum atomic E-state index is 12.5. The van der Waals surface area contributed by atoms with Crippen LogP contribution in [-0.4, -0.2) is 50.4 Å². The molecule has 0 spiro atoms. The van der Waals surface area contributed by atoms with E-state index in [1.807, 2.05) is 6.92 Å². The maximum absolute atomic E-state index is 12.5. The third-order valence-electron chi connectivity index (χ3n) is 3.98. The molecule has 0 aliphatic heterocycles. The highest BCUT2D eigenvalue weighted by Gasteiger charge is 2.36. The average molecular weight is 290 g/mol. The molecule has 0 heterocycles. The van der Waals surface area contributed by atoms with Crippen LogP contribution in [0.15, 0.2) is 0 Å². The van der Waals surface area contributed by atoms with E-state index in [0.717, 1.165) is 19.3 Å². The molecule has 1 aliphatic carbocycles. The summed E-state index contributed by atoms with van der Waals surface area (Å²) in [5.74, 6) is 0.331. The van der Waals surface area contributed by atoms with Gasteiger partial charge in [-0.1, -0.05) is 6.42 Å². The molecule has 1 unspecified atom stereocenters. The lowest BCUT2D eigenvalue weighted by molar-refractivity contribution is -0.138. The first-order chi connectivity index (χ1) is 8.80. The number of sulfone groups is 1. The molecule has 19 heavy (non-hydrogen) atoms. The fourth-order valence-electron chi connectivity index (χ4n) is 3.07. The van der Waals surface area contributed by atoms with Crippen molar-refractivity contribution >= 4 is 15.7 Å². The molecule has 112 valence electrons. The van der Waals surface area contributed by atoms with E-state index < -0.39 is 9.84 Å². The van der Waals surface area contributed by atoms with Crippen LogP contribution in [0, 0.1) is 11.8 Å². The topological polar surface area (TPSA) is 80.5 Å². The SMILES string of the molecule is CCN(C(=O)[C@@H]1CCC[C@@H]1CN)C(C)CS(C)(=O)=O. The maximum Gasteiger partial charge on any atom is 0.226 e. The first-order valence-corrected chi connectivity index (χ1v) is 9.04. The van der Waals surface area contributed by atoms with Crippen molar-refractivity contribution in [2.45, 2.75) is 39.2 Å². The third-order valence-corrected chi connectivity index (χ3v) is 5.07. The second-order valence-corrected chi connectivity index (χ2v) is 7.78. The van der Waals surface area contributed by atoms with Crippen molar-refractivity contribution in [2.24, 2.45) is 17.6 Å². The van der Waals surface area contributed by atoms with E-state index in [4.69, 9.17) is 5.73 Å². The molecule has 1 rings (SSSR count). The van der Waals surface area contributed by atoms with E-state index in [1.165, 1.54) is 6.26 Å². The van der Waals surface area contributed by atoms with Crippen LogP contribution in [0.2, 0.25) is 0 Å². The Bertz CT molecular complexity index is 408. The van der Waals surface area contributed by atoms with Gasteiger partial charge in [-0.15, -0.1) is 0 Å². The Hall–Kier alpha value is -0.620. The van der Waals surface area contributed by atoms with Gasteiger partial charge in [0.2, 0.25) is 5.91 Å². The molecule has 0 bridgehead atoms. The minimum atomic E-state index is -3.07. The van der Waals surface area contributed by atoms with Crippen LogP contribution in [0.1, 0.15) is 33.1 Å². The number of carbonyl (C=O) groups is 1. The molecule has 3 atom stereocenters. The van der Waals surface area contributed by atoms with Gasteiger partial charge in [-0.25, -0.2) is 8.42 Å². The van der Waals surface area contributed by atoms with Crippen molar-refractivity contribution in [3.63, 3.8) is 0 Å². The van der Waals surface area contributed by atoms with Crippen LogP contribution >= 0.6 is 0 Å². The summed E-state index contributed by atoms with van der Waals surface area (Å²) in [7, 11) is -3.07. The molecule has 5 nitrogen and oxygen atoms in total. The van der Waals surface area contributed by atoms with Crippen LogP contribution in [0.25, 0.3) is 0 Å². The van der Waals surface area contributed by atoms with Gasteiger partial charge >= 0.3 is 0 Å². The lowest BCUT2D eigenvalue weighted by Crippen LogP contribution is -2.46. The minimum absolute atomic E-state index is 0.0204. The van der Waals surface area contributed by atoms with Gasteiger partial charge in [-0.2, -0.15) is 0 Å². The van der Waals surface area contributed by atoms with Crippen molar-refractivity contribution < 1.29 is 13.2 Å². The molecule has 1 fully saturated rings. The first kappa shape index (κ1) is 16.4. The third kappa shape index (κ3) is 4.45. The average Bonchev–Trinajstić information content (AvgIpc) is 2.75. The van der Waals surface area contributed by atoms with Crippen LogP contribution in [0.4, 0.5) is 0 Å². The van der Waals surface area contributed by atoms with E-state index in [-0.39, 0.29) is 29.5 Å². The Kier molecular flexibility index (Phi) is 5.80. The number of hydrogen-bond acceptors (Lipinski definition) is 4. The van der Waals surface area contributed by atoms with E-state index >= 15 is 0 Å². The quantitative estimate of drug-likeness (QED) is 0.778. The van der Waals surface area contributed by atoms with Gasteiger partial charge in [0.1, 0.15) is 9.84 Å². The Balaban J connectivity index is 2.76. The monoisotopic (exact) mass is 290 g/mol. The first-order valence-electron chi connectivity index (χ1n) is 6.98. The van der Waals surface area contributed by atoms with Crippen LogP contribution in [-0.2, 0) is 14.6 Å². The molecular weight excluding hydrogens is 264 g/mol. The molecule has 0 aromatic heterocycles. The second-order valence-electron chi connectivity index (χ2n) is 5.60. The lowest BCUT2D eigenvalue weighted by atomic mass is 9.94. The van der Waals surface area contributed by atoms with Crippen LogP contribution in [0.3, 0.4) is 0 Å². The zero-order valence-corrected chi connectivity index (χ0v) is 12.9. The van der Waals surface area contributed by atoms with Crippen molar-refractivity contribution in [1.29, 1.82) is 0 Å². The smallest absolute Gasteiger partial charge is 0.226 e. The van der Waals surface area contributed by atoms with Crippen molar-refractivity contribution in [3.05, 3.63) is 0 Å². The molecule has 1 amide bonds. The van der Waals surface area contributed by atoms with Gasteiger partial charge in [-0.05, 0) is 39.2 Å². The summed E-state index contributed by atoms with van der Waals surface area (Å²) in [6.07, 6.45) is 4.13. The highest BCUT2D eigenvalue weighted by molar-refractivity contribution is 7.90. The number of nitrogens with zero attached hydrogens (tertiary/aromatic N) is 1. The molecule has 0 radical (unpaired) electrons. The number of rotatable bonds is 6. The predicted octanol–water partition coefficient (Wildman–Crippen LogP) is 0.643. The number of hydrogen-bond donors (Lipinski definition) is 1. The van der Waals surface area contributed by atoms with Gasteiger partial charge in [-0.3, -0.25) is 4.79 Å². The molecule has 2 N–H and O–H groups in total. The zero-order valence-electron chi connectivity index (χ0n) is 12.1. The van der Waals surface area contributed by atoms with E-state index in [0.29, 0.717) is 13.1 Å². The Morgan fingerprint density at radius 3 is 2.53 bits per heavy atom. The van der Waals surface area contributed by atoms with Gasteiger partial charge in [0, 0.05) is 24.8 Å². The molecule has 6 heteroatoms. The van der Waals surface area contributed by atoms with Crippen molar-refractivity contribution in [2.75, 3.05) is 25.1 Å². The fraction of sp³-hybridized carbons (Fsp3) is 0.923. The summed E-state index contributed by atoms with van der Waals surface area (Å²) in [4.78, 5) is 14.2. The summed E-state index contributed by atoms with van der Waals surface area (Å²) in [5.41, 5.74) is 5.71. The Morgan fingerprint density at radius 2 is 2.05 bits per heavy atom. The molecule has 1 aliphatic rings. The van der Waals surface area contributed by atoms with Gasteiger partial charge in [0.05, 0.1) is 5.75 Å². The van der Waals surface area contributed by atoms with E-state index in [2.05, 4.69) is 0 Å². The van der Waals surface area contributed by atoms with E-state index in [1.54, 1.807) is 11.8 Å². The fourth-order valence-corrected chi connectivity index (χ4v) is 4.13. The Morgan fingerprint density at radius 1 is 1.42 bits per heavy atom. The standard InChI is InChI=1S/C13H26N2O3S/c1-4-15(10(2)9-19(3,17)18)13(16)12-7-5-6-11(12)8-14/h10-12H,4-9,14H2,1-3H3/t10?,11-,12-/m1/s1.